The Labute approximate surface area is 134 Å². The van der Waals surface area contributed by atoms with Crippen LogP contribution in [0.4, 0.5) is 4.79 Å². The predicted octanol–water partition coefficient (Wildman–Crippen LogP) is 2.82. The summed E-state index contributed by atoms with van der Waals surface area (Å²) in [7, 11) is 0. The first kappa shape index (κ1) is 20.7. The van der Waals surface area contributed by atoms with Crippen molar-refractivity contribution in [2.75, 3.05) is 19.6 Å². The zero-order valence-corrected chi connectivity index (χ0v) is 14.7. The monoisotopic (exact) mass is 316 g/mol. The number of unbranched alkanes of at least 4 members (excludes halogenated alkanes) is 2. The minimum Gasteiger partial charge on any atom is -0.425 e. The van der Waals surface area contributed by atoms with Gasteiger partial charge in [-0.2, -0.15) is 0 Å². The molecule has 2 N–H and O–H groups in total. The van der Waals surface area contributed by atoms with Crippen molar-refractivity contribution in [1.82, 2.24) is 10.6 Å². The summed E-state index contributed by atoms with van der Waals surface area (Å²) in [6, 6.07) is 0. The predicted molar refractivity (Wildman–Crippen MR) is 86.5 cm³/mol. The molecule has 6 nitrogen and oxygen atoms in total. The van der Waals surface area contributed by atoms with Gasteiger partial charge in [-0.05, 0) is 53.1 Å². The van der Waals surface area contributed by atoms with Crippen molar-refractivity contribution in [3.8, 4) is 0 Å². The molecule has 0 heterocycles. The summed E-state index contributed by atoms with van der Waals surface area (Å²) in [5, 5.41) is 5.99. The SMILES string of the molecule is CCCNCCCCCNC(=O)O[C@H](C)OC(=O)C(C)(C)C. The van der Waals surface area contributed by atoms with Crippen molar-refractivity contribution < 1.29 is 19.1 Å². The van der Waals surface area contributed by atoms with Gasteiger partial charge in [0.25, 0.3) is 0 Å². The standard InChI is InChI=1S/C16H32N2O4/c1-6-10-17-11-8-7-9-12-18-15(20)22-13(2)21-14(19)16(3,4)5/h13,17H,6-12H2,1-5H3,(H,18,20)/t13-/m1/s1. The first-order chi connectivity index (χ1) is 10.3. The molecule has 0 saturated heterocycles. The summed E-state index contributed by atoms with van der Waals surface area (Å²) in [4.78, 5) is 23.1. The Hall–Kier alpha value is -1.30. The first-order valence-electron chi connectivity index (χ1n) is 8.13. The third kappa shape index (κ3) is 11.4. The molecule has 0 aliphatic carbocycles. The highest BCUT2D eigenvalue weighted by atomic mass is 16.7. The van der Waals surface area contributed by atoms with Crippen LogP contribution in [-0.2, 0) is 14.3 Å². The van der Waals surface area contributed by atoms with Gasteiger partial charge in [0, 0.05) is 13.5 Å². The molecule has 0 spiro atoms. The van der Waals surface area contributed by atoms with Crippen LogP contribution in [0, 0.1) is 5.41 Å². The van der Waals surface area contributed by atoms with E-state index >= 15 is 0 Å². The number of ether oxygens (including phenoxy) is 2. The molecule has 0 aliphatic heterocycles. The Morgan fingerprint density at radius 1 is 1.00 bits per heavy atom. The summed E-state index contributed by atoms with van der Waals surface area (Å²) in [6.45, 7) is 11.5. The van der Waals surface area contributed by atoms with Crippen molar-refractivity contribution >= 4 is 12.1 Å². The Morgan fingerprint density at radius 3 is 2.23 bits per heavy atom. The third-order valence-electron chi connectivity index (χ3n) is 2.88. The highest BCUT2D eigenvalue weighted by molar-refractivity contribution is 5.75. The second kappa shape index (κ2) is 11.3. The van der Waals surface area contributed by atoms with Gasteiger partial charge in [0.15, 0.2) is 0 Å². The van der Waals surface area contributed by atoms with Gasteiger partial charge in [0.05, 0.1) is 5.41 Å². The molecule has 6 heteroatoms. The van der Waals surface area contributed by atoms with Crippen molar-refractivity contribution in [1.29, 1.82) is 0 Å². The zero-order valence-electron chi connectivity index (χ0n) is 14.7. The van der Waals surface area contributed by atoms with Gasteiger partial charge >= 0.3 is 12.1 Å². The fourth-order valence-electron chi connectivity index (χ4n) is 1.59. The maximum absolute atomic E-state index is 11.6. The molecular formula is C16H32N2O4. The second-order valence-electron chi connectivity index (χ2n) is 6.37. The lowest BCUT2D eigenvalue weighted by atomic mass is 9.97. The smallest absolute Gasteiger partial charge is 0.410 e. The molecule has 0 aromatic rings. The Morgan fingerprint density at radius 2 is 1.64 bits per heavy atom. The van der Waals surface area contributed by atoms with Crippen LogP contribution in [0.15, 0.2) is 0 Å². The van der Waals surface area contributed by atoms with Crippen LogP contribution in [0.3, 0.4) is 0 Å². The molecule has 1 atom stereocenters. The van der Waals surface area contributed by atoms with Crippen LogP contribution in [-0.4, -0.2) is 38.0 Å². The van der Waals surface area contributed by atoms with Crippen molar-refractivity contribution in [3.05, 3.63) is 0 Å². The van der Waals surface area contributed by atoms with Gasteiger partial charge in [-0.1, -0.05) is 13.3 Å². The van der Waals surface area contributed by atoms with Crippen molar-refractivity contribution in [3.63, 3.8) is 0 Å². The van der Waals surface area contributed by atoms with E-state index in [9.17, 15) is 9.59 Å². The number of nitrogens with one attached hydrogen (secondary N) is 2. The number of alkyl carbamates (subject to hydrolysis) is 1. The topological polar surface area (TPSA) is 76.7 Å². The molecule has 0 bridgehead atoms. The van der Waals surface area contributed by atoms with Crippen LogP contribution in [0.2, 0.25) is 0 Å². The fourth-order valence-corrected chi connectivity index (χ4v) is 1.59. The van der Waals surface area contributed by atoms with Gasteiger partial charge < -0.3 is 20.1 Å². The minimum atomic E-state index is -0.884. The van der Waals surface area contributed by atoms with Crippen LogP contribution in [0.1, 0.15) is 60.3 Å². The molecule has 0 rings (SSSR count). The van der Waals surface area contributed by atoms with Crippen molar-refractivity contribution in [2.24, 2.45) is 5.41 Å². The largest absolute Gasteiger partial charge is 0.425 e. The van der Waals surface area contributed by atoms with Gasteiger partial charge in [-0.25, -0.2) is 4.79 Å². The minimum absolute atomic E-state index is 0.396. The molecule has 0 fully saturated rings. The fraction of sp³-hybridized carbons (Fsp3) is 0.875. The van der Waals surface area contributed by atoms with Gasteiger partial charge in [0.1, 0.15) is 0 Å². The molecule has 0 radical (unpaired) electrons. The maximum atomic E-state index is 11.6. The van der Waals surface area contributed by atoms with E-state index in [1.165, 1.54) is 6.92 Å². The van der Waals surface area contributed by atoms with E-state index in [0.29, 0.717) is 6.54 Å². The lowest BCUT2D eigenvalue weighted by Crippen LogP contribution is -2.33. The molecule has 0 aromatic heterocycles. The summed E-state index contributed by atoms with van der Waals surface area (Å²) in [5.74, 6) is -0.396. The van der Waals surface area contributed by atoms with E-state index < -0.39 is 23.8 Å². The quantitative estimate of drug-likeness (QED) is 0.368. The van der Waals surface area contributed by atoms with E-state index in [1.807, 2.05) is 0 Å². The van der Waals surface area contributed by atoms with Crippen LogP contribution in [0.25, 0.3) is 0 Å². The number of esters is 1. The summed E-state index contributed by atoms with van der Waals surface area (Å²) >= 11 is 0. The molecule has 0 saturated carbocycles. The molecule has 1 amide bonds. The molecule has 22 heavy (non-hydrogen) atoms. The maximum Gasteiger partial charge on any atom is 0.410 e. The molecule has 130 valence electrons. The van der Waals surface area contributed by atoms with E-state index in [1.54, 1.807) is 20.8 Å². The number of hydrogen-bond donors (Lipinski definition) is 2. The summed E-state index contributed by atoms with van der Waals surface area (Å²) in [5.41, 5.74) is -0.611. The highest BCUT2D eigenvalue weighted by Gasteiger charge is 2.26. The van der Waals surface area contributed by atoms with Crippen molar-refractivity contribution in [2.45, 2.75) is 66.6 Å². The van der Waals surface area contributed by atoms with E-state index in [-0.39, 0.29) is 0 Å². The number of carbonyl (C=O) groups is 2. The molecular weight excluding hydrogens is 284 g/mol. The van der Waals surface area contributed by atoms with Gasteiger partial charge in [0.2, 0.25) is 6.29 Å². The Balaban J connectivity index is 3.63. The van der Waals surface area contributed by atoms with E-state index in [4.69, 9.17) is 9.47 Å². The lowest BCUT2D eigenvalue weighted by Gasteiger charge is -2.20. The van der Waals surface area contributed by atoms with Crippen LogP contribution >= 0.6 is 0 Å². The molecule has 0 aliphatic rings. The number of carbonyl (C=O) groups excluding carboxylic acids is 2. The van der Waals surface area contributed by atoms with Gasteiger partial charge in [-0.3, -0.25) is 4.79 Å². The number of hydrogen-bond acceptors (Lipinski definition) is 5. The van der Waals surface area contributed by atoms with E-state index in [2.05, 4.69) is 17.6 Å². The second-order valence-corrected chi connectivity index (χ2v) is 6.37. The normalized spacial score (nSPS) is 12.6. The lowest BCUT2D eigenvalue weighted by molar-refractivity contribution is -0.174. The highest BCUT2D eigenvalue weighted by Crippen LogP contribution is 2.16. The molecule has 0 aromatic carbocycles. The number of rotatable bonds is 10. The average Bonchev–Trinajstić information content (AvgIpc) is 2.40. The first-order valence-corrected chi connectivity index (χ1v) is 8.13. The van der Waals surface area contributed by atoms with Gasteiger partial charge in [-0.15, -0.1) is 0 Å². The Kier molecular flexibility index (Phi) is 10.6. The van der Waals surface area contributed by atoms with Crippen LogP contribution < -0.4 is 10.6 Å². The number of amides is 1. The summed E-state index contributed by atoms with van der Waals surface area (Å²) < 4.78 is 10.0. The summed E-state index contributed by atoms with van der Waals surface area (Å²) in [6.07, 6.45) is 2.75. The zero-order chi connectivity index (χ0) is 17.0. The Bertz CT molecular complexity index is 327. The van der Waals surface area contributed by atoms with E-state index in [0.717, 1.165) is 38.8 Å². The average molecular weight is 316 g/mol. The molecule has 0 unspecified atom stereocenters. The third-order valence-corrected chi connectivity index (χ3v) is 2.88. The van der Waals surface area contributed by atoms with Crippen LogP contribution in [0.5, 0.6) is 0 Å².